The maximum Gasteiger partial charge on any atom is 0.307 e. The zero-order valence-corrected chi connectivity index (χ0v) is 15.1. The average molecular weight is 325 g/mol. The predicted molar refractivity (Wildman–Crippen MR) is 89.8 cm³/mol. The molecule has 124 valence electrons. The van der Waals surface area contributed by atoms with E-state index >= 15 is 0 Å². The molecule has 0 fully saturated rings. The molecule has 0 aliphatic rings. The molecular weight excluding hydrogens is 298 g/mol. The Hall–Kier alpha value is -1.20. The highest BCUT2D eigenvalue weighted by atomic mass is 32.2. The van der Waals surface area contributed by atoms with Crippen molar-refractivity contribution in [3.8, 4) is 0 Å². The van der Waals surface area contributed by atoms with Crippen LogP contribution in [0.25, 0.3) is 0 Å². The van der Waals surface area contributed by atoms with Gasteiger partial charge < -0.3 is 4.74 Å². The molecule has 1 unspecified atom stereocenters. The largest absolute Gasteiger partial charge is 0.460 e. The maximum absolute atomic E-state index is 12.4. The van der Waals surface area contributed by atoms with E-state index in [1.54, 1.807) is 0 Å². The van der Waals surface area contributed by atoms with Crippen molar-refractivity contribution in [3.05, 3.63) is 29.8 Å². The molecule has 0 saturated carbocycles. The molecule has 0 heterocycles. The van der Waals surface area contributed by atoms with Gasteiger partial charge in [-0.15, -0.1) is 0 Å². The first-order valence-corrected chi connectivity index (χ1v) is 8.70. The van der Waals surface area contributed by atoms with E-state index in [-0.39, 0.29) is 24.3 Å². The lowest BCUT2D eigenvalue weighted by Crippen LogP contribution is -2.38. The van der Waals surface area contributed by atoms with Crippen molar-refractivity contribution in [2.24, 2.45) is 5.92 Å². The van der Waals surface area contributed by atoms with Gasteiger partial charge in [-0.3, -0.25) is 4.79 Å². The van der Waals surface area contributed by atoms with Gasteiger partial charge in [0.05, 0.1) is 11.3 Å². The van der Waals surface area contributed by atoms with Crippen molar-refractivity contribution < 1.29 is 13.7 Å². The van der Waals surface area contributed by atoms with Gasteiger partial charge in [0.25, 0.3) is 0 Å². The van der Waals surface area contributed by atoms with Crippen LogP contribution in [0.4, 0.5) is 0 Å². The Kier molecular flexibility index (Phi) is 6.75. The molecule has 5 heteroatoms. The highest BCUT2D eigenvalue weighted by Gasteiger charge is 2.24. The molecule has 0 aliphatic heterocycles. The molecule has 0 saturated heterocycles. The van der Waals surface area contributed by atoms with Crippen LogP contribution in [-0.4, -0.2) is 21.8 Å². The summed E-state index contributed by atoms with van der Waals surface area (Å²) >= 11 is 0. The summed E-state index contributed by atoms with van der Waals surface area (Å²) in [7, 11) is -1.34. The zero-order valence-electron chi connectivity index (χ0n) is 14.3. The summed E-state index contributed by atoms with van der Waals surface area (Å²) in [6.45, 7) is 11.5. The Morgan fingerprint density at radius 2 is 1.77 bits per heavy atom. The van der Waals surface area contributed by atoms with Gasteiger partial charge in [-0.2, -0.15) is 0 Å². The fraction of sp³-hybridized carbons (Fsp3) is 0.588. The Morgan fingerprint density at radius 1 is 1.23 bits per heavy atom. The first-order chi connectivity index (χ1) is 10.1. The van der Waals surface area contributed by atoms with Crippen LogP contribution in [0.5, 0.6) is 0 Å². The molecule has 1 rings (SSSR count). The van der Waals surface area contributed by atoms with Crippen molar-refractivity contribution >= 4 is 17.0 Å². The monoisotopic (exact) mass is 325 g/mol. The first kappa shape index (κ1) is 18.8. The molecule has 4 nitrogen and oxygen atoms in total. The number of aryl methyl sites for hydroxylation is 1. The Bertz CT molecular complexity index is 518. The summed E-state index contributed by atoms with van der Waals surface area (Å²) in [5, 5.41) is 0. The SMILES string of the molecule is Cc1ccc(S(=O)N[C@@H](CC(=O)OC(C)(C)C)C(C)C)cc1. The minimum Gasteiger partial charge on any atom is -0.460 e. The minimum atomic E-state index is -1.34. The van der Waals surface area contributed by atoms with Crippen LogP contribution in [0.1, 0.15) is 46.6 Å². The molecule has 0 radical (unpaired) electrons. The summed E-state index contributed by atoms with van der Waals surface area (Å²) in [5.41, 5.74) is 0.615. The number of hydrogen-bond acceptors (Lipinski definition) is 3. The first-order valence-electron chi connectivity index (χ1n) is 7.55. The minimum absolute atomic E-state index is 0.168. The van der Waals surface area contributed by atoms with Gasteiger partial charge in [-0.1, -0.05) is 31.5 Å². The van der Waals surface area contributed by atoms with E-state index in [1.807, 2.05) is 65.8 Å². The number of carbonyl (C=O) groups is 1. The molecular formula is C17H27NO3S. The second-order valence-corrected chi connectivity index (χ2v) is 8.09. The van der Waals surface area contributed by atoms with Crippen LogP contribution >= 0.6 is 0 Å². The standard InChI is InChI=1S/C17H27NO3S/c1-12(2)15(11-16(19)21-17(4,5)6)18-22(20)14-9-7-13(3)8-10-14/h7-10,12,15,18H,11H2,1-6H3/t15-,22?/m0/s1. The number of benzene rings is 1. The van der Waals surface area contributed by atoms with Gasteiger partial charge in [0.1, 0.15) is 16.6 Å². The molecule has 0 amide bonds. The lowest BCUT2D eigenvalue weighted by molar-refractivity contribution is -0.155. The van der Waals surface area contributed by atoms with E-state index in [1.165, 1.54) is 0 Å². The van der Waals surface area contributed by atoms with E-state index in [4.69, 9.17) is 4.74 Å². The van der Waals surface area contributed by atoms with E-state index in [9.17, 15) is 9.00 Å². The number of ether oxygens (including phenoxy) is 1. The van der Waals surface area contributed by atoms with Crippen LogP contribution in [0.15, 0.2) is 29.2 Å². The van der Waals surface area contributed by atoms with Crippen molar-refractivity contribution in [1.29, 1.82) is 0 Å². The third-order valence-corrected chi connectivity index (χ3v) is 4.32. The molecule has 0 bridgehead atoms. The Balaban J connectivity index is 2.70. The lowest BCUT2D eigenvalue weighted by atomic mass is 10.0. The fourth-order valence-electron chi connectivity index (χ4n) is 1.84. The van der Waals surface area contributed by atoms with Crippen LogP contribution in [0.2, 0.25) is 0 Å². The van der Waals surface area contributed by atoms with Gasteiger partial charge in [0.15, 0.2) is 0 Å². The summed E-state index contributed by atoms with van der Waals surface area (Å²) in [6, 6.07) is 7.32. The molecule has 1 N–H and O–H groups in total. The number of carbonyl (C=O) groups excluding carboxylic acids is 1. The zero-order chi connectivity index (χ0) is 16.9. The average Bonchev–Trinajstić information content (AvgIpc) is 2.36. The Morgan fingerprint density at radius 3 is 2.23 bits per heavy atom. The number of rotatable bonds is 6. The van der Waals surface area contributed by atoms with Crippen molar-refractivity contribution in [2.45, 2.75) is 64.5 Å². The number of nitrogens with one attached hydrogen (secondary N) is 1. The summed E-state index contributed by atoms with van der Waals surface area (Å²) in [5.74, 6) is -0.110. The molecule has 2 atom stereocenters. The van der Waals surface area contributed by atoms with E-state index in [0.717, 1.165) is 5.56 Å². The molecule has 0 spiro atoms. The summed E-state index contributed by atoms with van der Waals surface area (Å²) in [6.07, 6.45) is 0.201. The normalized spacial score (nSPS) is 14.7. The molecule has 1 aromatic carbocycles. The van der Waals surface area contributed by atoms with Gasteiger partial charge in [0.2, 0.25) is 0 Å². The second kappa shape index (κ2) is 7.88. The van der Waals surface area contributed by atoms with Gasteiger partial charge in [-0.05, 0) is 45.7 Å². The van der Waals surface area contributed by atoms with E-state index in [0.29, 0.717) is 4.90 Å². The topological polar surface area (TPSA) is 55.4 Å². The van der Waals surface area contributed by atoms with Crippen LogP contribution in [0, 0.1) is 12.8 Å². The second-order valence-electron chi connectivity index (χ2n) is 6.84. The molecule has 22 heavy (non-hydrogen) atoms. The van der Waals surface area contributed by atoms with E-state index < -0.39 is 16.6 Å². The van der Waals surface area contributed by atoms with E-state index in [2.05, 4.69) is 4.72 Å². The van der Waals surface area contributed by atoms with Crippen molar-refractivity contribution in [3.63, 3.8) is 0 Å². The van der Waals surface area contributed by atoms with Gasteiger partial charge in [-0.25, -0.2) is 8.93 Å². The van der Waals surface area contributed by atoms with Crippen molar-refractivity contribution in [2.75, 3.05) is 0 Å². The lowest BCUT2D eigenvalue weighted by Gasteiger charge is -2.24. The predicted octanol–water partition coefficient (Wildman–Crippen LogP) is 3.36. The van der Waals surface area contributed by atoms with Crippen LogP contribution in [0.3, 0.4) is 0 Å². The van der Waals surface area contributed by atoms with Crippen LogP contribution in [-0.2, 0) is 20.5 Å². The third kappa shape index (κ3) is 6.71. The molecule has 0 aromatic heterocycles. The Labute approximate surface area is 136 Å². The van der Waals surface area contributed by atoms with Gasteiger partial charge >= 0.3 is 5.97 Å². The van der Waals surface area contributed by atoms with Gasteiger partial charge in [0, 0.05) is 6.04 Å². The van der Waals surface area contributed by atoms with Crippen LogP contribution < -0.4 is 4.72 Å². The summed E-state index contributed by atoms with van der Waals surface area (Å²) in [4.78, 5) is 12.7. The molecule has 1 aromatic rings. The van der Waals surface area contributed by atoms with Crippen molar-refractivity contribution in [1.82, 2.24) is 4.72 Å². The quantitative estimate of drug-likeness (QED) is 0.816. The highest BCUT2D eigenvalue weighted by Crippen LogP contribution is 2.15. The molecule has 0 aliphatic carbocycles. The summed E-state index contributed by atoms with van der Waals surface area (Å²) < 4.78 is 20.8. The third-order valence-electron chi connectivity index (χ3n) is 3.10. The smallest absolute Gasteiger partial charge is 0.307 e. The number of esters is 1. The fourth-order valence-corrected chi connectivity index (χ4v) is 2.99. The maximum atomic E-state index is 12.4. The number of hydrogen-bond donors (Lipinski definition) is 1. The highest BCUT2D eigenvalue weighted by molar-refractivity contribution is 7.83.